The van der Waals surface area contributed by atoms with Gasteiger partial charge in [-0.25, -0.2) is 4.98 Å². The number of piperidine rings is 1. The van der Waals surface area contributed by atoms with Crippen molar-refractivity contribution in [3.63, 3.8) is 0 Å². The number of carbonyl (C=O) groups excluding carboxylic acids is 1. The van der Waals surface area contributed by atoms with Gasteiger partial charge in [0.05, 0.1) is 5.69 Å². The Balaban J connectivity index is 1.21. The van der Waals surface area contributed by atoms with Gasteiger partial charge in [-0.15, -0.1) is 0 Å². The predicted octanol–water partition coefficient (Wildman–Crippen LogP) is 4.57. The molecule has 0 saturated carbocycles. The van der Waals surface area contributed by atoms with Crippen molar-refractivity contribution >= 4 is 29.0 Å². The third-order valence-electron chi connectivity index (χ3n) is 7.49. The fourth-order valence-electron chi connectivity index (χ4n) is 5.35. The van der Waals surface area contributed by atoms with E-state index < -0.39 is 0 Å². The molecule has 7 nitrogen and oxygen atoms in total. The number of likely N-dealkylation sites (tertiary alicyclic amines) is 1. The molecule has 3 aromatic rings. The largest absolute Gasteiger partial charge is 0.356 e. The average molecular weight is 495 g/mol. The minimum Gasteiger partial charge on any atom is -0.356 e. The Morgan fingerprint density at radius 2 is 1.83 bits per heavy atom. The van der Waals surface area contributed by atoms with Crippen LogP contribution in [0.15, 0.2) is 36.4 Å². The van der Waals surface area contributed by atoms with Gasteiger partial charge in [0, 0.05) is 60.0 Å². The number of fused-ring (bicyclic) bond motifs is 1. The zero-order valence-corrected chi connectivity index (χ0v) is 21.5. The molecule has 2 fully saturated rings. The van der Waals surface area contributed by atoms with Crippen molar-refractivity contribution in [1.82, 2.24) is 24.8 Å². The highest BCUT2D eigenvalue weighted by atomic mass is 35.5. The lowest BCUT2D eigenvalue weighted by molar-refractivity contribution is -0.125. The van der Waals surface area contributed by atoms with Crippen LogP contribution in [0.1, 0.15) is 44.7 Å². The van der Waals surface area contributed by atoms with E-state index in [0.29, 0.717) is 11.1 Å². The maximum absolute atomic E-state index is 12.8. The Kier molecular flexibility index (Phi) is 7.25. The average Bonchev–Trinajstić information content (AvgIpc) is 3.54. The second-order valence-corrected chi connectivity index (χ2v) is 10.4. The van der Waals surface area contributed by atoms with Crippen LogP contribution in [0.5, 0.6) is 0 Å². The molecule has 2 aliphatic heterocycles. The molecule has 2 aliphatic rings. The number of nitrogens with one attached hydrogen (secondary N) is 1. The second kappa shape index (κ2) is 10.5. The molecule has 2 aromatic heterocycles. The number of aryl methyl sites for hydroxylation is 1. The summed E-state index contributed by atoms with van der Waals surface area (Å²) < 4.78 is 1.93. The highest BCUT2D eigenvalue weighted by Crippen LogP contribution is 2.27. The number of nitrogens with zero attached hydrogens (tertiary/aromatic N) is 5. The summed E-state index contributed by atoms with van der Waals surface area (Å²) in [6.07, 6.45) is 5.33. The van der Waals surface area contributed by atoms with Crippen LogP contribution in [-0.4, -0.2) is 64.2 Å². The van der Waals surface area contributed by atoms with Crippen LogP contribution >= 0.6 is 11.6 Å². The minimum atomic E-state index is 0.0778. The highest BCUT2D eigenvalue weighted by Gasteiger charge is 2.27. The summed E-state index contributed by atoms with van der Waals surface area (Å²) >= 11 is 6.05. The first kappa shape index (κ1) is 24.1. The summed E-state index contributed by atoms with van der Waals surface area (Å²) in [5, 5.41) is 8.77. The van der Waals surface area contributed by atoms with E-state index in [0.717, 1.165) is 67.3 Å². The summed E-state index contributed by atoms with van der Waals surface area (Å²) in [6, 6.07) is 12.4. The van der Waals surface area contributed by atoms with Crippen LogP contribution in [0.25, 0.3) is 16.9 Å². The van der Waals surface area contributed by atoms with E-state index >= 15 is 0 Å². The molecule has 0 unspecified atom stereocenters. The lowest BCUT2D eigenvalue weighted by atomic mass is 9.96. The van der Waals surface area contributed by atoms with E-state index in [1.807, 2.05) is 41.8 Å². The van der Waals surface area contributed by atoms with Gasteiger partial charge in [-0.05, 0) is 71.2 Å². The van der Waals surface area contributed by atoms with E-state index in [4.69, 9.17) is 21.7 Å². The molecule has 0 radical (unpaired) electrons. The number of hydrogen-bond donors (Lipinski definition) is 1. The van der Waals surface area contributed by atoms with Crippen molar-refractivity contribution < 1.29 is 4.79 Å². The number of benzene rings is 1. The van der Waals surface area contributed by atoms with E-state index in [1.165, 1.54) is 25.9 Å². The normalized spacial score (nSPS) is 18.3. The lowest BCUT2D eigenvalue weighted by Crippen LogP contribution is -2.42. The molecule has 4 heterocycles. The summed E-state index contributed by atoms with van der Waals surface area (Å²) in [5.74, 6) is 1.32. The van der Waals surface area contributed by atoms with Gasteiger partial charge in [-0.3, -0.25) is 4.79 Å². The van der Waals surface area contributed by atoms with Gasteiger partial charge in [-0.1, -0.05) is 23.7 Å². The molecular weight excluding hydrogens is 460 g/mol. The molecule has 5 rings (SSSR count). The molecule has 0 bridgehead atoms. The number of hydrogen-bond acceptors (Lipinski definition) is 5. The molecule has 0 aliphatic carbocycles. The van der Waals surface area contributed by atoms with Crippen molar-refractivity contribution in [2.75, 3.05) is 37.6 Å². The quantitative estimate of drug-likeness (QED) is 0.521. The van der Waals surface area contributed by atoms with Crippen LogP contribution in [0.2, 0.25) is 5.02 Å². The Morgan fingerprint density at radius 1 is 1.11 bits per heavy atom. The third-order valence-corrected chi connectivity index (χ3v) is 7.74. The van der Waals surface area contributed by atoms with Crippen LogP contribution in [-0.2, 0) is 4.79 Å². The molecular formula is C27H35ClN6O. The lowest BCUT2D eigenvalue weighted by Gasteiger charge is -2.33. The Labute approximate surface area is 212 Å². The molecule has 0 spiro atoms. The smallest absolute Gasteiger partial charge is 0.223 e. The van der Waals surface area contributed by atoms with Gasteiger partial charge >= 0.3 is 0 Å². The summed E-state index contributed by atoms with van der Waals surface area (Å²) in [7, 11) is 0. The second-order valence-electron chi connectivity index (χ2n) is 10.00. The van der Waals surface area contributed by atoms with Crippen molar-refractivity contribution in [1.29, 1.82) is 0 Å². The van der Waals surface area contributed by atoms with E-state index in [-0.39, 0.29) is 11.8 Å². The molecule has 1 atom stereocenters. The maximum atomic E-state index is 12.8. The monoisotopic (exact) mass is 494 g/mol. The first-order chi connectivity index (χ1) is 17.0. The van der Waals surface area contributed by atoms with Gasteiger partial charge in [0.1, 0.15) is 5.82 Å². The zero-order chi connectivity index (χ0) is 24.4. The van der Waals surface area contributed by atoms with Crippen LogP contribution in [0.4, 0.5) is 5.82 Å². The van der Waals surface area contributed by atoms with Crippen molar-refractivity contribution in [2.24, 2.45) is 5.92 Å². The Bertz CT molecular complexity index is 1160. The fraction of sp³-hybridized carbons (Fsp3) is 0.519. The molecule has 2 saturated heterocycles. The number of anilines is 1. The van der Waals surface area contributed by atoms with Crippen LogP contribution in [0, 0.1) is 12.8 Å². The summed E-state index contributed by atoms with van der Waals surface area (Å²) in [5.41, 5.74) is 3.68. The van der Waals surface area contributed by atoms with E-state index in [9.17, 15) is 4.79 Å². The number of halogens is 1. The first-order valence-corrected chi connectivity index (χ1v) is 13.3. The van der Waals surface area contributed by atoms with Gasteiger partial charge in [0.25, 0.3) is 0 Å². The molecule has 186 valence electrons. The molecule has 8 heteroatoms. The minimum absolute atomic E-state index is 0.0778. The van der Waals surface area contributed by atoms with Crippen LogP contribution in [0.3, 0.4) is 0 Å². The molecule has 35 heavy (non-hydrogen) atoms. The highest BCUT2D eigenvalue weighted by molar-refractivity contribution is 6.30. The maximum Gasteiger partial charge on any atom is 0.223 e. The molecule has 1 N–H and O–H groups in total. The van der Waals surface area contributed by atoms with Crippen LogP contribution < -0.4 is 10.2 Å². The zero-order valence-electron chi connectivity index (χ0n) is 20.7. The predicted molar refractivity (Wildman–Crippen MR) is 141 cm³/mol. The summed E-state index contributed by atoms with van der Waals surface area (Å²) in [6.45, 7) is 9.12. The number of carbonyl (C=O) groups is 1. The van der Waals surface area contributed by atoms with Crippen molar-refractivity contribution in [2.45, 2.75) is 52.0 Å². The van der Waals surface area contributed by atoms with Gasteiger partial charge in [-0.2, -0.15) is 9.61 Å². The van der Waals surface area contributed by atoms with Gasteiger partial charge in [0.15, 0.2) is 5.65 Å². The first-order valence-electron chi connectivity index (χ1n) is 12.9. The SMILES string of the molecule is Cc1cc(N2CCC(C(=O)NCC[C@@H](C)N3CCCC3)CC2)n2nc(-c3ccc(Cl)cc3)cc2n1. The molecule has 1 aromatic carbocycles. The van der Waals surface area contributed by atoms with Gasteiger partial charge < -0.3 is 15.1 Å². The Morgan fingerprint density at radius 3 is 2.54 bits per heavy atom. The molecule has 1 amide bonds. The topological polar surface area (TPSA) is 65.8 Å². The third kappa shape index (κ3) is 5.46. The standard InChI is InChI=1S/C27H35ClN6O/c1-19-17-26(34-25(30-19)18-24(31-34)21-5-7-23(28)8-6-21)33-15-10-22(11-16-33)27(35)29-12-9-20(2)32-13-3-4-14-32/h5-8,17-18,20,22H,3-4,9-16H2,1-2H3,(H,29,35)/t20-/m1/s1. The fourth-order valence-corrected chi connectivity index (χ4v) is 5.48. The van der Waals surface area contributed by atoms with E-state index in [1.54, 1.807) is 0 Å². The number of rotatable bonds is 7. The van der Waals surface area contributed by atoms with E-state index in [2.05, 4.69) is 28.1 Å². The Hall–Kier alpha value is -2.64. The van der Waals surface area contributed by atoms with Gasteiger partial charge in [0.2, 0.25) is 5.91 Å². The van der Waals surface area contributed by atoms with Crippen molar-refractivity contribution in [3.05, 3.63) is 47.1 Å². The number of aromatic nitrogens is 3. The summed E-state index contributed by atoms with van der Waals surface area (Å²) in [4.78, 5) is 22.4. The van der Waals surface area contributed by atoms with Crippen molar-refractivity contribution in [3.8, 4) is 11.3 Å². The number of amides is 1.